The summed E-state index contributed by atoms with van der Waals surface area (Å²) in [5.74, 6) is 0.499. The Kier molecular flexibility index (Phi) is 4.16. The van der Waals surface area contributed by atoms with E-state index in [1.54, 1.807) is 6.20 Å². The van der Waals surface area contributed by atoms with Crippen LogP contribution in [0.2, 0.25) is 5.02 Å². The number of nitrogens with zero attached hydrogens (tertiary/aromatic N) is 3. The molecular weight excluding hydrogens is 264 g/mol. The molecule has 0 aliphatic carbocycles. The Labute approximate surface area is 118 Å². The summed E-state index contributed by atoms with van der Waals surface area (Å²) in [5, 5.41) is 4.44. The maximum Gasteiger partial charge on any atom is 0.287 e. The molecule has 1 fully saturated rings. The van der Waals surface area contributed by atoms with Crippen LogP contribution in [0.5, 0.6) is 0 Å². The molecule has 1 saturated heterocycles. The minimum atomic E-state index is -0.235. The highest BCUT2D eigenvalue weighted by atomic mass is 35.5. The molecular formula is C13H21ClN4O. The zero-order chi connectivity index (χ0) is 14.2. The Morgan fingerprint density at radius 1 is 1.53 bits per heavy atom. The van der Waals surface area contributed by atoms with E-state index < -0.39 is 0 Å². The molecule has 0 aromatic carbocycles. The molecule has 0 radical (unpaired) electrons. The van der Waals surface area contributed by atoms with Crippen molar-refractivity contribution in [2.75, 3.05) is 18.0 Å². The lowest BCUT2D eigenvalue weighted by Gasteiger charge is -2.36. The molecule has 1 aromatic rings. The van der Waals surface area contributed by atoms with Crippen molar-refractivity contribution in [3.63, 3.8) is 0 Å². The normalized spacial score (nSPS) is 24.0. The van der Waals surface area contributed by atoms with E-state index in [2.05, 4.69) is 16.9 Å². The van der Waals surface area contributed by atoms with Crippen LogP contribution in [0.3, 0.4) is 0 Å². The number of anilines is 1. The van der Waals surface area contributed by atoms with Gasteiger partial charge in [-0.3, -0.25) is 4.79 Å². The Morgan fingerprint density at radius 2 is 2.21 bits per heavy atom. The summed E-state index contributed by atoms with van der Waals surface area (Å²) in [6.07, 6.45) is 2.68. The van der Waals surface area contributed by atoms with Gasteiger partial charge < -0.3 is 10.6 Å². The molecule has 2 heterocycles. The second-order valence-corrected chi connectivity index (χ2v) is 5.94. The zero-order valence-corrected chi connectivity index (χ0v) is 12.4. The van der Waals surface area contributed by atoms with Crippen LogP contribution in [0.4, 0.5) is 5.69 Å². The van der Waals surface area contributed by atoms with Crippen LogP contribution in [0.15, 0.2) is 11.0 Å². The highest BCUT2D eigenvalue weighted by Gasteiger charge is 2.25. The summed E-state index contributed by atoms with van der Waals surface area (Å²) in [7, 11) is 0. The van der Waals surface area contributed by atoms with E-state index in [0.717, 1.165) is 13.0 Å². The van der Waals surface area contributed by atoms with Gasteiger partial charge in [-0.1, -0.05) is 18.5 Å². The van der Waals surface area contributed by atoms with Gasteiger partial charge in [-0.2, -0.15) is 5.10 Å². The summed E-state index contributed by atoms with van der Waals surface area (Å²) in [5.41, 5.74) is 6.55. The van der Waals surface area contributed by atoms with E-state index in [1.807, 2.05) is 13.8 Å². The van der Waals surface area contributed by atoms with Gasteiger partial charge in [-0.05, 0) is 26.2 Å². The van der Waals surface area contributed by atoms with Crippen LogP contribution in [0, 0.1) is 5.92 Å². The Morgan fingerprint density at radius 3 is 2.79 bits per heavy atom. The molecule has 0 amide bonds. The van der Waals surface area contributed by atoms with Crippen LogP contribution in [0.1, 0.15) is 33.2 Å². The van der Waals surface area contributed by atoms with Crippen molar-refractivity contribution < 1.29 is 0 Å². The maximum atomic E-state index is 12.1. The SMILES string of the molecule is CC1CCN(c2cnn(C(C)C)c(=O)c2Cl)CC1N. The lowest BCUT2D eigenvalue weighted by atomic mass is 9.94. The number of aromatic nitrogens is 2. The van der Waals surface area contributed by atoms with E-state index in [4.69, 9.17) is 17.3 Å². The van der Waals surface area contributed by atoms with Gasteiger partial charge in [0.25, 0.3) is 5.56 Å². The predicted octanol–water partition coefficient (Wildman–Crippen LogP) is 1.65. The number of piperidine rings is 1. The lowest BCUT2D eigenvalue weighted by Crippen LogP contribution is -2.48. The summed E-state index contributed by atoms with van der Waals surface area (Å²) in [4.78, 5) is 14.2. The van der Waals surface area contributed by atoms with Gasteiger partial charge >= 0.3 is 0 Å². The number of hydrogen-bond acceptors (Lipinski definition) is 4. The Hall–Kier alpha value is -1.07. The van der Waals surface area contributed by atoms with Gasteiger partial charge in [0.1, 0.15) is 5.02 Å². The third-order valence-corrected chi connectivity index (χ3v) is 4.13. The molecule has 0 spiro atoms. The molecule has 2 unspecified atom stereocenters. The van der Waals surface area contributed by atoms with Crippen molar-refractivity contribution in [3.05, 3.63) is 21.6 Å². The summed E-state index contributed by atoms with van der Waals surface area (Å²) < 4.78 is 1.40. The van der Waals surface area contributed by atoms with Gasteiger partial charge in [0.2, 0.25) is 0 Å². The average molecular weight is 285 g/mol. The van der Waals surface area contributed by atoms with E-state index in [-0.39, 0.29) is 22.7 Å². The van der Waals surface area contributed by atoms with Gasteiger partial charge in [-0.15, -0.1) is 0 Å². The predicted molar refractivity (Wildman–Crippen MR) is 77.9 cm³/mol. The lowest BCUT2D eigenvalue weighted by molar-refractivity contribution is 0.378. The van der Waals surface area contributed by atoms with Crippen molar-refractivity contribution in [2.45, 2.75) is 39.3 Å². The molecule has 2 rings (SSSR count). The van der Waals surface area contributed by atoms with Gasteiger partial charge in [0.05, 0.1) is 17.9 Å². The molecule has 19 heavy (non-hydrogen) atoms. The average Bonchev–Trinajstić information content (AvgIpc) is 2.36. The van der Waals surface area contributed by atoms with Crippen molar-refractivity contribution in [1.82, 2.24) is 9.78 Å². The zero-order valence-electron chi connectivity index (χ0n) is 11.6. The number of halogens is 1. The smallest absolute Gasteiger partial charge is 0.287 e. The standard InChI is InChI=1S/C13H21ClN4O/c1-8(2)18-13(19)12(14)11(6-16-18)17-5-4-9(3)10(15)7-17/h6,8-10H,4-5,7,15H2,1-3H3. The monoisotopic (exact) mass is 284 g/mol. The highest BCUT2D eigenvalue weighted by Crippen LogP contribution is 2.26. The first-order valence-electron chi connectivity index (χ1n) is 6.69. The van der Waals surface area contributed by atoms with Crippen molar-refractivity contribution in [2.24, 2.45) is 11.7 Å². The fourth-order valence-corrected chi connectivity index (χ4v) is 2.60. The molecule has 5 nitrogen and oxygen atoms in total. The van der Waals surface area contributed by atoms with Crippen LogP contribution >= 0.6 is 11.6 Å². The fraction of sp³-hybridized carbons (Fsp3) is 0.692. The number of nitrogens with two attached hydrogens (primary N) is 1. The molecule has 1 aliphatic rings. The first-order valence-corrected chi connectivity index (χ1v) is 7.07. The minimum absolute atomic E-state index is 0.00249. The first kappa shape index (κ1) is 14.3. The molecule has 1 aliphatic heterocycles. The number of hydrogen-bond donors (Lipinski definition) is 1. The molecule has 2 atom stereocenters. The second kappa shape index (κ2) is 5.51. The largest absolute Gasteiger partial charge is 0.367 e. The van der Waals surface area contributed by atoms with Crippen molar-refractivity contribution >= 4 is 17.3 Å². The summed E-state index contributed by atoms with van der Waals surface area (Å²) in [6.45, 7) is 7.54. The quantitative estimate of drug-likeness (QED) is 0.897. The molecule has 1 aromatic heterocycles. The first-order chi connectivity index (χ1) is 8.91. The van der Waals surface area contributed by atoms with E-state index >= 15 is 0 Å². The Bertz CT molecular complexity index is 514. The van der Waals surface area contributed by atoms with Gasteiger partial charge in [-0.25, -0.2) is 4.68 Å². The molecule has 0 bridgehead atoms. The Balaban J connectivity index is 2.32. The second-order valence-electron chi connectivity index (χ2n) is 5.56. The topological polar surface area (TPSA) is 64.2 Å². The third kappa shape index (κ3) is 2.77. The van der Waals surface area contributed by atoms with Crippen LogP contribution in [0.25, 0.3) is 0 Å². The summed E-state index contributed by atoms with van der Waals surface area (Å²) >= 11 is 6.20. The van der Waals surface area contributed by atoms with Crippen LogP contribution < -0.4 is 16.2 Å². The van der Waals surface area contributed by atoms with E-state index in [0.29, 0.717) is 18.2 Å². The van der Waals surface area contributed by atoms with Gasteiger partial charge in [0.15, 0.2) is 0 Å². The number of rotatable bonds is 2. The van der Waals surface area contributed by atoms with E-state index in [9.17, 15) is 4.79 Å². The van der Waals surface area contributed by atoms with Crippen LogP contribution in [-0.2, 0) is 0 Å². The molecule has 0 saturated carbocycles. The molecule has 106 valence electrons. The maximum absolute atomic E-state index is 12.1. The van der Waals surface area contributed by atoms with Crippen molar-refractivity contribution in [3.8, 4) is 0 Å². The van der Waals surface area contributed by atoms with Crippen molar-refractivity contribution in [1.29, 1.82) is 0 Å². The van der Waals surface area contributed by atoms with E-state index in [1.165, 1.54) is 4.68 Å². The van der Waals surface area contributed by atoms with Crippen LogP contribution in [-0.4, -0.2) is 28.9 Å². The fourth-order valence-electron chi connectivity index (χ4n) is 2.34. The molecule has 6 heteroatoms. The molecule has 2 N–H and O–H groups in total. The highest BCUT2D eigenvalue weighted by molar-refractivity contribution is 6.33. The minimum Gasteiger partial charge on any atom is -0.367 e. The van der Waals surface area contributed by atoms with Gasteiger partial charge in [0, 0.05) is 19.1 Å². The summed E-state index contributed by atoms with van der Waals surface area (Å²) in [6, 6.07) is 0.111. The third-order valence-electron chi connectivity index (χ3n) is 3.77.